The van der Waals surface area contributed by atoms with Crippen molar-refractivity contribution in [1.82, 2.24) is 0 Å². The van der Waals surface area contributed by atoms with Crippen molar-refractivity contribution in [2.75, 3.05) is 18.6 Å². The first-order chi connectivity index (χ1) is 9.65. The summed E-state index contributed by atoms with van der Waals surface area (Å²) in [5.41, 5.74) is 7.76. The zero-order chi connectivity index (χ0) is 14.5. The molecule has 1 fully saturated rings. The van der Waals surface area contributed by atoms with E-state index in [4.69, 9.17) is 10.5 Å². The average molecular weight is 376 g/mol. The Hall–Kier alpha value is 0.160. The fraction of sp³-hybridized carbons (Fsp3) is 0.600. The minimum absolute atomic E-state index is 0.220. The number of benzene rings is 1. The SMILES string of the molecule is CCC1SCCSC1C(N)Cc1ccc(OC)c(Br)c1. The molecular weight excluding hydrogens is 354 g/mol. The minimum atomic E-state index is 0.220. The molecule has 0 saturated carbocycles. The van der Waals surface area contributed by atoms with E-state index in [1.807, 2.05) is 6.07 Å². The Bertz CT molecular complexity index is 444. The lowest BCUT2D eigenvalue weighted by molar-refractivity contribution is 0.412. The molecule has 1 aromatic rings. The Kier molecular flexibility index (Phi) is 6.59. The Morgan fingerprint density at radius 3 is 2.80 bits per heavy atom. The van der Waals surface area contributed by atoms with Gasteiger partial charge in [0.2, 0.25) is 0 Å². The van der Waals surface area contributed by atoms with E-state index >= 15 is 0 Å². The summed E-state index contributed by atoms with van der Waals surface area (Å²) in [7, 11) is 1.69. The Morgan fingerprint density at radius 2 is 2.15 bits per heavy atom. The smallest absolute Gasteiger partial charge is 0.133 e. The topological polar surface area (TPSA) is 35.2 Å². The van der Waals surface area contributed by atoms with E-state index < -0.39 is 0 Å². The average Bonchev–Trinajstić information content (AvgIpc) is 2.47. The summed E-state index contributed by atoms with van der Waals surface area (Å²) in [6.07, 6.45) is 2.14. The first-order valence-corrected chi connectivity index (χ1v) is 9.86. The summed E-state index contributed by atoms with van der Waals surface area (Å²) in [5, 5.41) is 1.27. The monoisotopic (exact) mass is 375 g/mol. The van der Waals surface area contributed by atoms with Gasteiger partial charge in [-0.2, -0.15) is 23.5 Å². The molecule has 3 atom stereocenters. The third kappa shape index (κ3) is 4.09. The van der Waals surface area contributed by atoms with Gasteiger partial charge >= 0.3 is 0 Å². The van der Waals surface area contributed by atoms with Gasteiger partial charge in [-0.15, -0.1) is 0 Å². The molecule has 5 heteroatoms. The van der Waals surface area contributed by atoms with Crippen molar-refractivity contribution in [3.05, 3.63) is 28.2 Å². The van der Waals surface area contributed by atoms with E-state index in [0.29, 0.717) is 10.5 Å². The highest BCUT2D eigenvalue weighted by Crippen LogP contribution is 2.35. The Morgan fingerprint density at radius 1 is 1.40 bits per heavy atom. The van der Waals surface area contributed by atoms with E-state index in [1.165, 1.54) is 23.5 Å². The van der Waals surface area contributed by atoms with Crippen LogP contribution in [0.2, 0.25) is 0 Å². The third-order valence-electron chi connectivity index (χ3n) is 3.60. The highest BCUT2D eigenvalue weighted by atomic mass is 79.9. The molecule has 1 aliphatic rings. The van der Waals surface area contributed by atoms with E-state index in [-0.39, 0.29) is 6.04 Å². The lowest BCUT2D eigenvalue weighted by atomic mass is 10.0. The molecule has 0 amide bonds. The van der Waals surface area contributed by atoms with Gasteiger partial charge in [-0.3, -0.25) is 0 Å². The van der Waals surface area contributed by atoms with Crippen molar-refractivity contribution in [2.45, 2.75) is 36.3 Å². The molecule has 1 aromatic carbocycles. The molecule has 112 valence electrons. The minimum Gasteiger partial charge on any atom is -0.496 e. The van der Waals surface area contributed by atoms with Gasteiger partial charge in [0, 0.05) is 28.0 Å². The summed E-state index contributed by atoms with van der Waals surface area (Å²) in [4.78, 5) is 0. The lowest BCUT2D eigenvalue weighted by Gasteiger charge is -2.34. The molecular formula is C15H22BrNOS2. The molecule has 20 heavy (non-hydrogen) atoms. The van der Waals surface area contributed by atoms with Crippen LogP contribution in [0.5, 0.6) is 5.75 Å². The largest absolute Gasteiger partial charge is 0.496 e. The summed E-state index contributed by atoms with van der Waals surface area (Å²) in [5.74, 6) is 3.36. The maximum Gasteiger partial charge on any atom is 0.133 e. The van der Waals surface area contributed by atoms with Gasteiger partial charge in [-0.1, -0.05) is 13.0 Å². The number of methoxy groups -OCH3 is 1. The summed E-state index contributed by atoms with van der Waals surface area (Å²) >= 11 is 7.69. The van der Waals surface area contributed by atoms with Crippen LogP contribution in [0.3, 0.4) is 0 Å². The van der Waals surface area contributed by atoms with Gasteiger partial charge < -0.3 is 10.5 Å². The van der Waals surface area contributed by atoms with Crippen LogP contribution in [0.4, 0.5) is 0 Å². The van der Waals surface area contributed by atoms with Crippen molar-refractivity contribution in [2.24, 2.45) is 5.73 Å². The van der Waals surface area contributed by atoms with Crippen molar-refractivity contribution in [3.63, 3.8) is 0 Å². The van der Waals surface area contributed by atoms with E-state index in [9.17, 15) is 0 Å². The summed E-state index contributed by atoms with van der Waals surface area (Å²) in [6, 6.07) is 6.47. The number of hydrogen-bond donors (Lipinski definition) is 1. The van der Waals surface area contributed by atoms with Gasteiger partial charge in [0.25, 0.3) is 0 Å². The van der Waals surface area contributed by atoms with Gasteiger partial charge in [0.05, 0.1) is 11.6 Å². The molecule has 0 radical (unpaired) electrons. The quantitative estimate of drug-likeness (QED) is 0.844. The van der Waals surface area contributed by atoms with Crippen LogP contribution in [-0.2, 0) is 6.42 Å². The Labute approximate surface area is 138 Å². The molecule has 1 aliphatic heterocycles. The van der Waals surface area contributed by atoms with Gasteiger partial charge in [0.1, 0.15) is 5.75 Å². The van der Waals surface area contributed by atoms with Crippen LogP contribution >= 0.6 is 39.5 Å². The first kappa shape index (κ1) is 16.5. The van der Waals surface area contributed by atoms with Crippen molar-refractivity contribution in [3.8, 4) is 5.75 Å². The van der Waals surface area contributed by atoms with Crippen LogP contribution < -0.4 is 10.5 Å². The number of hydrogen-bond acceptors (Lipinski definition) is 4. The summed E-state index contributed by atoms with van der Waals surface area (Å²) in [6.45, 7) is 2.27. The van der Waals surface area contributed by atoms with E-state index in [1.54, 1.807) is 7.11 Å². The number of thioether (sulfide) groups is 2. The van der Waals surface area contributed by atoms with Crippen LogP contribution in [0.1, 0.15) is 18.9 Å². The zero-order valence-electron chi connectivity index (χ0n) is 12.0. The summed E-state index contributed by atoms with van der Waals surface area (Å²) < 4.78 is 6.27. The molecule has 0 bridgehead atoms. The maximum absolute atomic E-state index is 6.49. The first-order valence-electron chi connectivity index (χ1n) is 6.97. The standard InChI is InChI=1S/C15H22BrNOS2/c1-3-14-15(20-7-6-19-14)12(17)9-10-4-5-13(18-2)11(16)8-10/h4-5,8,12,14-15H,3,6-7,9,17H2,1-2H3. The molecule has 0 aliphatic carbocycles. The maximum atomic E-state index is 6.49. The van der Waals surface area contributed by atoms with Crippen LogP contribution in [0, 0.1) is 0 Å². The second-order valence-electron chi connectivity index (χ2n) is 4.99. The normalized spacial score (nSPS) is 24.4. The second-order valence-corrected chi connectivity index (χ2v) is 8.48. The fourth-order valence-corrected chi connectivity index (χ4v) is 6.34. The molecule has 0 aromatic heterocycles. The Balaban J connectivity index is 2.03. The number of rotatable bonds is 5. The predicted octanol–water partition coefficient (Wildman–Crippen LogP) is 3.95. The van der Waals surface area contributed by atoms with Crippen LogP contribution in [0.25, 0.3) is 0 Å². The highest BCUT2D eigenvalue weighted by molar-refractivity contribution is 9.10. The zero-order valence-corrected chi connectivity index (χ0v) is 15.2. The van der Waals surface area contributed by atoms with Crippen LogP contribution in [-0.4, -0.2) is 35.2 Å². The predicted molar refractivity (Wildman–Crippen MR) is 95.2 cm³/mol. The molecule has 3 unspecified atom stereocenters. The number of halogens is 1. The molecule has 2 N–H and O–H groups in total. The molecule has 1 saturated heterocycles. The second kappa shape index (κ2) is 7.97. The number of ether oxygens (including phenoxy) is 1. The van der Waals surface area contributed by atoms with Gasteiger partial charge in [-0.05, 0) is 46.5 Å². The van der Waals surface area contributed by atoms with Crippen molar-refractivity contribution >= 4 is 39.5 Å². The van der Waals surface area contributed by atoms with E-state index in [0.717, 1.165) is 16.6 Å². The van der Waals surface area contributed by atoms with Crippen molar-refractivity contribution in [1.29, 1.82) is 0 Å². The molecule has 1 heterocycles. The lowest BCUT2D eigenvalue weighted by Crippen LogP contribution is -2.43. The van der Waals surface area contributed by atoms with Gasteiger partial charge in [0.15, 0.2) is 0 Å². The van der Waals surface area contributed by atoms with Crippen LogP contribution in [0.15, 0.2) is 22.7 Å². The third-order valence-corrected chi connectivity index (χ3v) is 7.65. The fourth-order valence-electron chi connectivity index (χ4n) is 2.56. The molecule has 0 spiro atoms. The highest BCUT2D eigenvalue weighted by Gasteiger charge is 2.30. The van der Waals surface area contributed by atoms with E-state index in [2.05, 4.69) is 58.5 Å². The molecule has 2 nitrogen and oxygen atoms in total. The molecule has 2 rings (SSSR count). The van der Waals surface area contributed by atoms with Crippen molar-refractivity contribution < 1.29 is 4.74 Å². The van der Waals surface area contributed by atoms with Gasteiger partial charge in [-0.25, -0.2) is 0 Å². The number of nitrogens with two attached hydrogens (primary N) is 1.